The Morgan fingerprint density at radius 1 is 1.06 bits per heavy atom. The summed E-state index contributed by atoms with van der Waals surface area (Å²) < 4.78 is 0. The summed E-state index contributed by atoms with van der Waals surface area (Å²) in [6.07, 6.45) is 0. The Bertz CT molecular complexity index is 358. The van der Waals surface area contributed by atoms with Gasteiger partial charge < -0.3 is 0 Å². The molecule has 1 amide bonds. The molecule has 0 spiro atoms. The first-order valence-electron chi connectivity index (χ1n) is 5.97. The highest BCUT2D eigenvalue weighted by Gasteiger charge is 2.17. The molecule has 1 heterocycles. The van der Waals surface area contributed by atoms with E-state index < -0.39 is 5.91 Å². The fraction of sp³-hybridized carbons (Fsp3) is 0.462. The highest BCUT2D eigenvalue weighted by Crippen LogP contribution is 2.07. The van der Waals surface area contributed by atoms with Crippen LogP contribution in [0.1, 0.15) is 5.56 Å². The van der Waals surface area contributed by atoms with Gasteiger partial charge in [0.05, 0.1) is 6.54 Å². The number of carbonyl (C=O) groups excluding carboxylic acids is 1. The zero-order valence-corrected chi connectivity index (χ0v) is 9.93. The summed E-state index contributed by atoms with van der Waals surface area (Å²) in [5.41, 5.74) is 8.28. The van der Waals surface area contributed by atoms with Gasteiger partial charge in [0.1, 0.15) is 0 Å². The van der Waals surface area contributed by atoms with E-state index in [1.807, 2.05) is 6.07 Å². The Morgan fingerprint density at radius 3 is 2.24 bits per heavy atom. The first-order chi connectivity index (χ1) is 8.24. The minimum absolute atomic E-state index is 0.277. The third-order valence-electron chi connectivity index (χ3n) is 3.08. The molecular formula is C13H18N3O. The monoisotopic (exact) mass is 232 g/mol. The molecule has 2 rings (SSSR count). The van der Waals surface area contributed by atoms with E-state index in [1.165, 1.54) is 5.56 Å². The molecule has 17 heavy (non-hydrogen) atoms. The number of piperazine rings is 1. The van der Waals surface area contributed by atoms with Gasteiger partial charge in [0.25, 0.3) is 5.91 Å². The topological polar surface area (TPSA) is 47.4 Å². The second-order valence-corrected chi connectivity index (χ2v) is 4.46. The Labute approximate surface area is 102 Å². The van der Waals surface area contributed by atoms with Crippen molar-refractivity contribution in [2.45, 2.75) is 6.54 Å². The predicted molar refractivity (Wildman–Crippen MR) is 66.3 cm³/mol. The molecule has 1 aliphatic heterocycles. The summed E-state index contributed by atoms with van der Waals surface area (Å²) in [5, 5.41) is 0. The molecule has 1 aliphatic rings. The molecule has 0 saturated carbocycles. The zero-order valence-electron chi connectivity index (χ0n) is 9.93. The molecule has 0 aliphatic carbocycles. The lowest BCUT2D eigenvalue weighted by molar-refractivity contribution is -0.120. The molecule has 91 valence electrons. The van der Waals surface area contributed by atoms with Crippen molar-refractivity contribution < 1.29 is 4.79 Å². The molecule has 1 saturated heterocycles. The van der Waals surface area contributed by atoms with Crippen LogP contribution < -0.4 is 5.73 Å². The van der Waals surface area contributed by atoms with E-state index in [9.17, 15) is 4.79 Å². The second kappa shape index (κ2) is 5.80. The molecule has 1 N–H and O–H groups in total. The number of carbonyl (C=O) groups is 1. The van der Waals surface area contributed by atoms with E-state index in [0.717, 1.165) is 32.7 Å². The van der Waals surface area contributed by atoms with Crippen molar-refractivity contribution in [3.8, 4) is 0 Å². The quantitative estimate of drug-likeness (QED) is 0.764. The van der Waals surface area contributed by atoms with Gasteiger partial charge in [0.2, 0.25) is 0 Å². The summed E-state index contributed by atoms with van der Waals surface area (Å²) in [6, 6.07) is 10.4. The van der Waals surface area contributed by atoms with Gasteiger partial charge in [-0.05, 0) is 5.56 Å². The van der Waals surface area contributed by atoms with E-state index in [0.29, 0.717) is 0 Å². The average molecular weight is 232 g/mol. The maximum atomic E-state index is 10.7. The summed E-state index contributed by atoms with van der Waals surface area (Å²) in [4.78, 5) is 15.1. The van der Waals surface area contributed by atoms with Crippen LogP contribution in [0.15, 0.2) is 30.3 Å². The molecule has 1 radical (unpaired) electrons. The molecule has 4 nitrogen and oxygen atoms in total. The SMILES string of the molecule is [NH]C(=O)CN1CCN(Cc2ccccc2)CC1. The highest BCUT2D eigenvalue weighted by atomic mass is 16.1. The van der Waals surface area contributed by atoms with E-state index >= 15 is 0 Å². The van der Waals surface area contributed by atoms with Crippen molar-refractivity contribution >= 4 is 5.91 Å². The van der Waals surface area contributed by atoms with Crippen LogP contribution in [0, 0.1) is 0 Å². The molecular weight excluding hydrogens is 214 g/mol. The summed E-state index contributed by atoms with van der Waals surface area (Å²) in [6.45, 7) is 4.97. The van der Waals surface area contributed by atoms with E-state index in [2.05, 4.69) is 34.1 Å². The van der Waals surface area contributed by atoms with Gasteiger partial charge in [-0.25, -0.2) is 0 Å². The van der Waals surface area contributed by atoms with E-state index in [-0.39, 0.29) is 6.54 Å². The number of hydrogen-bond acceptors (Lipinski definition) is 3. The van der Waals surface area contributed by atoms with Crippen LogP contribution in [0.3, 0.4) is 0 Å². The largest absolute Gasteiger partial charge is 0.297 e. The fourth-order valence-electron chi connectivity index (χ4n) is 2.15. The van der Waals surface area contributed by atoms with E-state index in [4.69, 9.17) is 5.73 Å². The van der Waals surface area contributed by atoms with Crippen molar-refractivity contribution in [2.24, 2.45) is 0 Å². The van der Waals surface area contributed by atoms with Crippen molar-refractivity contribution in [1.82, 2.24) is 15.5 Å². The van der Waals surface area contributed by atoms with Gasteiger partial charge in [0.15, 0.2) is 0 Å². The molecule has 4 heteroatoms. The third-order valence-corrected chi connectivity index (χ3v) is 3.08. The Hall–Kier alpha value is -1.39. The molecule has 0 bridgehead atoms. The van der Waals surface area contributed by atoms with Crippen LogP contribution in [0.2, 0.25) is 0 Å². The van der Waals surface area contributed by atoms with Crippen molar-refractivity contribution in [1.29, 1.82) is 0 Å². The lowest BCUT2D eigenvalue weighted by atomic mass is 10.2. The second-order valence-electron chi connectivity index (χ2n) is 4.46. The Kier molecular flexibility index (Phi) is 4.12. The van der Waals surface area contributed by atoms with Gasteiger partial charge >= 0.3 is 0 Å². The van der Waals surface area contributed by atoms with Gasteiger partial charge in [0, 0.05) is 32.7 Å². The first kappa shape index (κ1) is 12.1. The number of hydrogen-bond donors (Lipinski definition) is 0. The summed E-state index contributed by atoms with van der Waals surface area (Å²) in [5.74, 6) is -0.485. The number of benzene rings is 1. The minimum atomic E-state index is -0.485. The Morgan fingerprint density at radius 2 is 1.65 bits per heavy atom. The van der Waals surface area contributed by atoms with Gasteiger partial charge in [-0.15, -0.1) is 0 Å². The smallest absolute Gasteiger partial charge is 0.252 e. The van der Waals surface area contributed by atoms with Gasteiger partial charge in [-0.3, -0.25) is 20.3 Å². The lowest BCUT2D eigenvalue weighted by Gasteiger charge is -2.33. The van der Waals surface area contributed by atoms with Crippen molar-refractivity contribution in [3.63, 3.8) is 0 Å². The average Bonchev–Trinajstić information content (AvgIpc) is 2.32. The van der Waals surface area contributed by atoms with Crippen molar-refractivity contribution in [3.05, 3.63) is 35.9 Å². The molecule has 1 aromatic rings. The molecule has 1 aromatic carbocycles. The van der Waals surface area contributed by atoms with Crippen LogP contribution in [0.5, 0.6) is 0 Å². The maximum Gasteiger partial charge on any atom is 0.252 e. The first-order valence-corrected chi connectivity index (χ1v) is 5.97. The number of amides is 1. The predicted octanol–water partition coefficient (Wildman–Crippen LogP) is 0.614. The fourth-order valence-corrected chi connectivity index (χ4v) is 2.15. The van der Waals surface area contributed by atoms with Crippen LogP contribution >= 0.6 is 0 Å². The standard InChI is InChI=1S/C13H18N3O/c14-13(17)11-16-8-6-15(7-9-16)10-12-4-2-1-3-5-12/h1-5,14H,6-11H2. The summed E-state index contributed by atoms with van der Waals surface area (Å²) in [7, 11) is 0. The maximum absolute atomic E-state index is 10.7. The van der Waals surface area contributed by atoms with Gasteiger partial charge in [-0.1, -0.05) is 30.3 Å². The van der Waals surface area contributed by atoms with E-state index in [1.54, 1.807) is 0 Å². The number of nitrogens with one attached hydrogen (secondary N) is 1. The van der Waals surface area contributed by atoms with Crippen LogP contribution in [-0.4, -0.2) is 48.4 Å². The highest BCUT2D eigenvalue weighted by molar-refractivity contribution is 5.75. The van der Waals surface area contributed by atoms with Crippen LogP contribution in [0.4, 0.5) is 0 Å². The van der Waals surface area contributed by atoms with Crippen LogP contribution in [0.25, 0.3) is 0 Å². The number of rotatable bonds is 4. The molecule has 0 unspecified atom stereocenters. The van der Waals surface area contributed by atoms with Crippen LogP contribution in [-0.2, 0) is 11.3 Å². The minimum Gasteiger partial charge on any atom is -0.297 e. The summed E-state index contributed by atoms with van der Waals surface area (Å²) >= 11 is 0. The zero-order chi connectivity index (χ0) is 12.1. The molecule has 1 fully saturated rings. The molecule has 0 atom stereocenters. The normalized spacial score (nSPS) is 18.1. The molecule has 0 aromatic heterocycles. The Balaban J connectivity index is 1.78. The third kappa shape index (κ3) is 3.84. The lowest BCUT2D eigenvalue weighted by Crippen LogP contribution is -2.47. The number of nitrogens with zero attached hydrogens (tertiary/aromatic N) is 2. The van der Waals surface area contributed by atoms with Gasteiger partial charge in [-0.2, -0.15) is 0 Å². The van der Waals surface area contributed by atoms with Crippen molar-refractivity contribution in [2.75, 3.05) is 32.7 Å².